The fourth-order valence-corrected chi connectivity index (χ4v) is 1.23. The van der Waals surface area contributed by atoms with Gasteiger partial charge in [0.1, 0.15) is 11.8 Å². The maximum absolute atomic E-state index is 11.1. The Morgan fingerprint density at radius 3 is 2.76 bits per heavy atom. The molecule has 1 unspecified atom stereocenters. The van der Waals surface area contributed by atoms with Crippen molar-refractivity contribution in [2.24, 2.45) is 5.73 Å². The molecule has 0 aliphatic rings. The van der Waals surface area contributed by atoms with Gasteiger partial charge in [0.15, 0.2) is 5.78 Å². The van der Waals surface area contributed by atoms with Crippen LogP contribution in [0, 0.1) is 0 Å². The van der Waals surface area contributed by atoms with E-state index in [2.05, 4.69) is 0 Å². The van der Waals surface area contributed by atoms with Gasteiger partial charge in [0.05, 0.1) is 6.61 Å². The molecule has 0 aliphatic carbocycles. The van der Waals surface area contributed by atoms with Crippen LogP contribution in [0.4, 0.5) is 0 Å². The van der Waals surface area contributed by atoms with Crippen LogP contribution in [0.5, 0.6) is 5.75 Å². The first kappa shape index (κ1) is 13.2. The molecule has 0 aliphatic heterocycles. The van der Waals surface area contributed by atoms with E-state index in [1.54, 1.807) is 24.3 Å². The number of rotatable bonds is 6. The summed E-state index contributed by atoms with van der Waals surface area (Å²) in [5, 5.41) is 8.57. The maximum atomic E-state index is 11.1. The number of carboxylic acid groups (broad SMARTS) is 1. The van der Waals surface area contributed by atoms with Crippen molar-refractivity contribution in [3.63, 3.8) is 0 Å². The highest BCUT2D eigenvalue weighted by molar-refractivity contribution is 5.94. The zero-order valence-corrected chi connectivity index (χ0v) is 9.55. The molecule has 1 aromatic rings. The minimum Gasteiger partial charge on any atom is -0.493 e. The molecule has 5 nitrogen and oxygen atoms in total. The molecule has 0 saturated carbocycles. The predicted molar refractivity (Wildman–Crippen MR) is 62.2 cm³/mol. The molecular formula is C12H15NO4. The summed E-state index contributed by atoms with van der Waals surface area (Å²) in [7, 11) is 0. The van der Waals surface area contributed by atoms with Crippen molar-refractivity contribution in [2.45, 2.75) is 19.4 Å². The zero-order chi connectivity index (χ0) is 12.8. The Balaban J connectivity index is 2.49. The van der Waals surface area contributed by atoms with Gasteiger partial charge in [0.2, 0.25) is 0 Å². The molecule has 0 spiro atoms. The van der Waals surface area contributed by atoms with Gasteiger partial charge in [-0.15, -0.1) is 0 Å². The fourth-order valence-electron chi connectivity index (χ4n) is 1.23. The zero-order valence-electron chi connectivity index (χ0n) is 9.55. The first-order valence-corrected chi connectivity index (χ1v) is 5.23. The Labute approximate surface area is 99.2 Å². The average Bonchev–Trinajstić information content (AvgIpc) is 2.29. The van der Waals surface area contributed by atoms with Crippen LogP contribution in [-0.4, -0.2) is 29.5 Å². The van der Waals surface area contributed by atoms with Crippen molar-refractivity contribution in [1.29, 1.82) is 0 Å². The Bertz CT molecular complexity index is 417. The van der Waals surface area contributed by atoms with Crippen LogP contribution in [0.1, 0.15) is 23.7 Å². The van der Waals surface area contributed by atoms with E-state index in [9.17, 15) is 9.59 Å². The number of ketones is 1. The van der Waals surface area contributed by atoms with E-state index in [4.69, 9.17) is 15.6 Å². The van der Waals surface area contributed by atoms with E-state index in [1.807, 2.05) is 0 Å². The number of hydrogen-bond donors (Lipinski definition) is 2. The van der Waals surface area contributed by atoms with Gasteiger partial charge in [0.25, 0.3) is 0 Å². The minimum absolute atomic E-state index is 0.0438. The van der Waals surface area contributed by atoms with E-state index in [1.165, 1.54) is 6.92 Å². The summed E-state index contributed by atoms with van der Waals surface area (Å²) < 4.78 is 5.32. The number of Topliss-reactive ketones (excluding diaryl/α,β-unsaturated/α-hetero) is 1. The first-order chi connectivity index (χ1) is 8.00. The second kappa shape index (κ2) is 6.00. The van der Waals surface area contributed by atoms with E-state index in [0.29, 0.717) is 11.3 Å². The topological polar surface area (TPSA) is 89.6 Å². The molecule has 1 rings (SSSR count). The van der Waals surface area contributed by atoms with Crippen molar-refractivity contribution >= 4 is 11.8 Å². The van der Waals surface area contributed by atoms with E-state index in [-0.39, 0.29) is 18.8 Å². The summed E-state index contributed by atoms with van der Waals surface area (Å²) in [6.45, 7) is 1.67. The van der Waals surface area contributed by atoms with Crippen LogP contribution in [0.2, 0.25) is 0 Å². The van der Waals surface area contributed by atoms with Gasteiger partial charge in [-0.1, -0.05) is 12.1 Å². The van der Waals surface area contributed by atoms with Crippen LogP contribution in [0.3, 0.4) is 0 Å². The van der Waals surface area contributed by atoms with Gasteiger partial charge < -0.3 is 15.6 Å². The van der Waals surface area contributed by atoms with Gasteiger partial charge in [-0.05, 0) is 19.1 Å². The highest BCUT2D eigenvalue weighted by Gasteiger charge is 2.11. The lowest BCUT2D eigenvalue weighted by Crippen LogP contribution is -2.31. The summed E-state index contributed by atoms with van der Waals surface area (Å²) in [6.07, 6.45) is 0.222. The summed E-state index contributed by atoms with van der Waals surface area (Å²) in [6, 6.07) is 5.81. The third-order valence-electron chi connectivity index (χ3n) is 2.26. The summed E-state index contributed by atoms with van der Waals surface area (Å²) in [5.41, 5.74) is 5.89. The SMILES string of the molecule is CC(=O)c1cccc(OCCC(N)C(=O)O)c1. The minimum atomic E-state index is -1.05. The van der Waals surface area contributed by atoms with Crippen molar-refractivity contribution in [3.8, 4) is 5.75 Å². The lowest BCUT2D eigenvalue weighted by Gasteiger charge is -2.09. The van der Waals surface area contributed by atoms with Gasteiger partial charge in [-0.2, -0.15) is 0 Å². The third kappa shape index (κ3) is 4.24. The molecule has 0 amide bonds. The fraction of sp³-hybridized carbons (Fsp3) is 0.333. The molecule has 0 bridgehead atoms. The Morgan fingerprint density at radius 2 is 2.18 bits per heavy atom. The van der Waals surface area contributed by atoms with Gasteiger partial charge >= 0.3 is 5.97 Å². The molecule has 5 heteroatoms. The number of carbonyl (C=O) groups is 2. The Morgan fingerprint density at radius 1 is 1.47 bits per heavy atom. The number of benzene rings is 1. The summed E-state index contributed by atoms with van der Waals surface area (Å²) in [5.74, 6) is -0.556. The number of hydrogen-bond acceptors (Lipinski definition) is 4. The largest absolute Gasteiger partial charge is 0.493 e. The normalized spacial score (nSPS) is 11.9. The third-order valence-corrected chi connectivity index (χ3v) is 2.26. The van der Waals surface area contributed by atoms with Crippen LogP contribution in [-0.2, 0) is 4.79 Å². The van der Waals surface area contributed by atoms with Crippen LogP contribution >= 0.6 is 0 Å². The molecule has 3 N–H and O–H groups in total. The lowest BCUT2D eigenvalue weighted by atomic mass is 10.1. The second-order valence-electron chi connectivity index (χ2n) is 3.67. The van der Waals surface area contributed by atoms with Gasteiger partial charge in [-0.3, -0.25) is 9.59 Å². The second-order valence-corrected chi connectivity index (χ2v) is 3.67. The molecule has 0 radical (unpaired) electrons. The molecular weight excluding hydrogens is 222 g/mol. The molecule has 0 fully saturated rings. The van der Waals surface area contributed by atoms with E-state index in [0.717, 1.165) is 0 Å². The van der Waals surface area contributed by atoms with Crippen molar-refractivity contribution in [3.05, 3.63) is 29.8 Å². The maximum Gasteiger partial charge on any atom is 0.320 e. The summed E-state index contributed by atoms with van der Waals surface area (Å²) >= 11 is 0. The molecule has 1 atom stereocenters. The van der Waals surface area contributed by atoms with Crippen molar-refractivity contribution < 1.29 is 19.4 Å². The average molecular weight is 237 g/mol. The standard InChI is InChI=1S/C12H15NO4/c1-8(14)9-3-2-4-10(7-9)17-6-5-11(13)12(15)16/h2-4,7,11H,5-6,13H2,1H3,(H,15,16). The predicted octanol–water partition coefficient (Wildman–Crippen LogP) is 1.07. The van der Waals surface area contributed by atoms with Crippen LogP contribution in [0.15, 0.2) is 24.3 Å². The van der Waals surface area contributed by atoms with Gasteiger partial charge in [-0.25, -0.2) is 0 Å². The molecule has 17 heavy (non-hydrogen) atoms. The quantitative estimate of drug-likeness (QED) is 0.722. The van der Waals surface area contributed by atoms with Crippen molar-refractivity contribution in [2.75, 3.05) is 6.61 Å². The monoisotopic (exact) mass is 237 g/mol. The Kier molecular flexibility index (Phi) is 4.66. The highest BCUT2D eigenvalue weighted by atomic mass is 16.5. The summed E-state index contributed by atoms with van der Waals surface area (Å²) in [4.78, 5) is 21.6. The van der Waals surface area contributed by atoms with E-state index >= 15 is 0 Å². The molecule has 92 valence electrons. The van der Waals surface area contributed by atoms with Crippen LogP contribution in [0.25, 0.3) is 0 Å². The van der Waals surface area contributed by atoms with Gasteiger partial charge in [0, 0.05) is 12.0 Å². The van der Waals surface area contributed by atoms with E-state index < -0.39 is 12.0 Å². The molecule has 0 saturated heterocycles. The lowest BCUT2D eigenvalue weighted by molar-refractivity contribution is -0.138. The number of carboxylic acids is 1. The molecule has 0 heterocycles. The highest BCUT2D eigenvalue weighted by Crippen LogP contribution is 2.14. The number of carbonyl (C=O) groups excluding carboxylic acids is 1. The Hall–Kier alpha value is -1.88. The number of ether oxygens (including phenoxy) is 1. The van der Waals surface area contributed by atoms with Crippen LogP contribution < -0.4 is 10.5 Å². The van der Waals surface area contributed by atoms with Crippen molar-refractivity contribution in [1.82, 2.24) is 0 Å². The first-order valence-electron chi connectivity index (χ1n) is 5.23. The number of nitrogens with two attached hydrogens (primary N) is 1. The molecule has 1 aromatic carbocycles. The smallest absolute Gasteiger partial charge is 0.320 e. The molecule has 0 aromatic heterocycles. The number of aliphatic carboxylic acids is 1.